The van der Waals surface area contributed by atoms with Crippen molar-refractivity contribution < 1.29 is 14.7 Å². The van der Waals surface area contributed by atoms with Crippen LogP contribution in [0.3, 0.4) is 0 Å². The van der Waals surface area contributed by atoms with E-state index in [1.165, 1.54) is 38.2 Å². The van der Waals surface area contributed by atoms with Gasteiger partial charge < -0.3 is 10.4 Å². The van der Waals surface area contributed by atoms with E-state index < -0.39 is 12.0 Å². The van der Waals surface area contributed by atoms with Gasteiger partial charge >= 0.3 is 5.97 Å². The van der Waals surface area contributed by atoms with Crippen LogP contribution in [-0.2, 0) is 9.59 Å². The lowest BCUT2D eigenvalue weighted by molar-refractivity contribution is -0.142. The Morgan fingerprint density at radius 1 is 1.10 bits per heavy atom. The van der Waals surface area contributed by atoms with E-state index in [0.717, 1.165) is 12.8 Å². The third kappa shape index (κ3) is 9.59. The number of aliphatic carboxylic acids is 1. The number of carbonyl (C=O) groups is 2. The third-order valence-electron chi connectivity index (χ3n) is 3.22. The van der Waals surface area contributed by atoms with Crippen LogP contribution in [0.5, 0.6) is 0 Å². The Labute approximate surface area is 122 Å². The Bertz CT molecular complexity index is 311. The number of amides is 1. The monoisotopic (exact) mass is 283 g/mol. The van der Waals surface area contributed by atoms with Gasteiger partial charge in [-0.05, 0) is 24.8 Å². The molecule has 0 spiro atoms. The summed E-state index contributed by atoms with van der Waals surface area (Å²) < 4.78 is 0. The van der Waals surface area contributed by atoms with Crippen molar-refractivity contribution in [1.82, 2.24) is 5.32 Å². The minimum Gasteiger partial charge on any atom is -0.480 e. The SMILES string of the molecule is CCCCCCCCC=CC(=O)N[C@H](C(=O)O)C(C)C. The molecule has 0 radical (unpaired) electrons. The normalized spacial score (nSPS) is 12.8. The fourth-order valence-electron chi connectivity index (χ4n) is 1.95. The minimum absolute atomic E-state index is 0.122. The van der Waals surface area contributed by atoms with Crippen LogP contribution < -0.4 is 5.32 Å². The van der Waals surface area contributed by atoms with Crippen LogP contribution in [0.15, 0.2) is 12.2 Å². The molecular weight excluding hydrogens is 254 g/mol. The van der Waals surface area contributed by atoms with Gasteiger partial charge in [0.25, 0.3) is 0 Å². The number of unbranched alkanes of at least 4 members (excludes halogenated alkanes) is 6. The molecule has 0 saturated heterocycles. The summed E-state index contributed by atoms with van der Waals surface area (Å²) in [5.74, 6) is -1.43. The number of allylic oxidation sites excluding steroid dienone is 1. The molecule has 1 atom stereocenters. The summed E-state index contributed by atoms with van der Waals surface area (Å²) in [6, 6.07) is -0.818. The Kier molecular flexibility index (Phi) is 10.7. The van der Waals surface area contributed by atoms with Gasteiger partial charge in [0.15, 0.2) is 0 Å². The maximum Gasteiger partial charge on any atom is 0.326 e. The molecule has 0 aromatic rings. The molecule has 0 aliphatic heterocycles. The zero-order chi connectivity index (χ0) is 15.4. The number of hydrogen-bond acceptors (Lipinski definition) is 2. The number of rotatable bonds is 11. The van der Waals surface area contributed by atoms with Gasteiger partial charge in [-0.1, -0.05) is 59.0 Å². The molecule has 0 aromatic heterocycles. The van der Waals surface area contributed by atoms with Gasteiger partial charge in [0.05, 0.1) is 0 Å². The maximum absolute atomic E-state index is 11.6. The minimum atomic E-state index is -0.988. The average molecular weight is 283 g/mol. The van der Waals surface area contributed by atoms with E-state index in [1.807, 2.05) is 6.08 Å². The molecule has 0 rings (SSSR count). The van der Waals surface area contributed by atoms with Gasteiger partial charge in [-0.15, -0.1) is 0 Å². The van der Waals surface area contributed by atoms with Crippen molar-refractivity contribution in [2.75, 3.05) is 0 Å². The summed E-state index contributed by atoms with van der Waals surface area (Å²) in [7, 11) is 0. The van der Waals surface area contributed by atoms with Gasteiger partial charge in [0.2, 0.25) is 5.91 Å². The standard InChI is InChI=1S/C16H29NO3/c1-4-5-6-7-8-9-10-11-12-14(18)17-15(13(2)3)16(19)20/h11-13,15H,4-10H2,1-3H3,(H,17,18)(H,19,20)/t15-/m0/s1. The topological polar surface area (TPSA) is 66.4 Å². The van der Waals surface area contributed by atoms with E-state index in [4.69, 9.17) is 5.11 Å². The van der Waals surface area contributed by atoms with Crippen LogP contribution in [0.25, 0.3) is 0 Å². The molecule has 1 amide bonds. The fraction of sp³-hybridized carbons (Fsp3) is 0.750. The highest BCUT2D eigenvalue weighted by molar-refractivity contribution is 5.91. The highest BCUT2D eigenvalue weighted by Gasteiger charge is 2.22. The summed E-state index contributed by atoms with van der Waals surface area (Å²) in [5.41, 5.74) is 0. The summed E-state index contributed by atoms with van der Waals surface area (Å²) in [4.78, 5) is 22.5. The zero-order valence-corrected chi connectivity index (χ0v) is 13.0. The molecule has 0 bridgehead atoms. The first-order chi connectivity index (χ1) is 9.49. The second-order valence-electron chi connectivity index (χ2n) is 5.53. The molecule has 0 aliphatic carbocycles. The average Bonchev–Trinajstić information content (AvgIpc) is 2.38. The highest BCUT2D eigenvalue weighted by atomic mass is 16.4. The molecule has 20 heavy (non-hydrogen) atoms. The van der Waals surface area contributed by atoms with Crippen LogP contribution in [0.1, 0.15) is 65.7 Å². The summed E-state index contributed by atoms with van der Waals surface area (Å²) in [6.45, 7) is 5.75. The van der Waals surface area contributed by atoms with Gasteiger partial charge in [0.1, 0.15) is 6.04 Å². The Balaban J connectivity index is 3.79. The maximum atomic E-state index is 11.6. The summed E-state index contributed by atoms with van der Waals surface area (Å²) >= 11 is 0. The number of carboxylic acid groups (broad SMARTS) is 1. The van der Waals surface area contributed by atoms with Crippen LogP contribution in [0.4, 0.5) is 0 Å². The van der Waals surface area contributed by atoms with Gasteiger partial charge in [0, 0.05) is 0 Å². The van der Waals surface area contributed by atoms with E-state index in [9.17, 15) is 9.59 Å². The number of carboxylic acids is 1. The van der Waals surface area contributed by atoms with Crippen LogP contribution in [0, 0.1) is 5.92 Å². The molecule has 4 heteroatoms. The van der Waals surface area contributed by atoms with E-state index >= 15 is 0 Å². The van der Waals surface area contributed by atoms with E-state index in [0.29, 0.717) is 0 Å². The molecular formula is C16H29NO3. The van der Waals surface area contributed by atoms with Crippen molar-refractivity contribution in [3.8, 4) is 0 Å². The van der Waals surface area contributed by atoms with Crippen molar-refractivity contribution in [3.63, 3.8) is 0 Å². The second-order valence-corrected chi connectivity index (χ2v) is 5.53. The van der Waals surface area contributed by atoms with Gasteiger partial charge in [-0.2, -0.15) is 0 Å². The van der Waals surface area contributed by atoms with Crippen LogP contribution in [-0.4, -0.2) is 23.0 Å². The highest BCUT2D eigenvalue weighted by Crippen LogP contribution is 2.07. The Morgan fingerprint density at radius 3 is 2.25 bits per heavy atom. The smallest absolute Gasteiger partial charge is 0.326 e. The number of carbonyl (C=O) groups excluding carboxylic acids is 1. The number of hydrogen-bond donors (Lipinski definition) is 2. The van der Waals surface area contributed by atoms with Crippen LogP contribution >= 0.6 is 0 Å². The van der Waals surface area contributed by atoms with E-state index in [1.54, 1.807) is 13.8 Å². The first-order valence-corrected chi connectivity index (χ1v) is 7.68. The quantitative estimate of drug-likeness (QED) is 0.450. The van der Waals surface area contributed by atoms with E-state index in [2.05, 4.69) is 12.2 Å². The van der Waals surface area contributed by atoms with Crippen molar-refractivity contribution in [1.29, 1.82) is 0 Å². The van der Waals surface area contributed by atoms with Crippen molar-refractivity contribution in [2.24, 2.45) is 5.92 Å². The molecule has 0 fully saturated rings. The van der Waals surface area contributed by atoms with Gasteiger partial charge in [-0.3, -0.25) is 4.79 Å². The van der Waals surface area contributed by atoms with Crippen LogP contribution in [0.2, 0.25) is 0 Å². The van der Waals surface area contributed by atoms with Crippen molar-refractivity contribution >= 4 is 11.9 Å². The van der Waals surface area contributed by atoms with Gasteiger partial charge in [-0.25, -0.2) is 4.79 Å². The molecule has 0 saturated carbocycles. The number of nitrogens with one attached hydrogen (secondary N) is 1. The molecule has 2 N–H and O–H groups in total. The summed E-state index contributed by atoms with van der Waals surface area (Å²) in [6.07, 6.45) is 11.5. The first-order valence-electron chi connectivity index (χ1n) is 7.68. The van der Waals surface area contributed by atoms with Crippen molar-refractivity contribution in [2.45, 2.75) is 71.8 Å². The first kappa shape index (κ1) is 18.7. The molecule has 0 heterocycles. The van der Waals surface area contributed by atoms with Crippen molar-refractivity contribution in [3.05, 3.63) is 12.2 Å². The lowest BCUT2D eigenvalue weighted by Gasteiger charge is -2.16. The second kappa shape index (κ2) is 11.5. The third-order valence-corrected chi connectivity index (χ3v) is 3.22. The van der Waals surface area contributed by atoms with E-state index in [-0.39, 0.29) is 11.8 Å². The predicted molar refractivity (Wildman–Crippen MR) is 81.5 cm³/mol. The lowest BCUT2D eigenvalue weighted by atomic mass is 10.0. The zero-order valence-electron chi connectivity index (χ0n) is 13.0. The fourth-order valence-corrected chi connectivity index (χ4v) is 1.95. The Hall–Kier alpha value is -1.32. The molecule has 0 aliphatic rings. The predicted octanol–water partition coefficient (Wildman–Crippen LogP) is 3.52. The molecule has 0 aromatic carbocycles. The summed E-state index contributed by atoms with van der Waals surface area (Å²) in [5, 5.41) is 11.5. The Morgan fingerprint density at radius 2 is 1.70 bits per heavy atom. The lowest BCUT2D eigenvalue weighted by Crippen LogP contribution is -2.43. The molecule has 4 nitrogen and oxygen atoms in total. The largest absolute Gasteiger partial charge is 0.480 e. The molecule has 116 valence electrons. The molecule has 0 unspecified atom stereocenters.